The second kappa shape index (κ2) is 9.72. The molecule has 6 nitrogen and oxygen atoms in total. The Morgan fingerprint density at radius 2 is 1.70 bits per heavy atom. The zero-order chi connectivity index (χ0) is 23.3. The first-order valence-corrected chi connectivity index (χ1v) is 10.5. The molecule has 33 heavy (non-hydrogen) atoms. The Kier molecular flexibility index (Phi) is 6.58. The number of aromatic nitrogens is 3. The molecule has 2 aromatic heterocycles. The Bertz CT molecular complexity index is 1220. The lowest BCUT2D eigenvalue weighted by molar-refractivity contribution is -0.137. The number of amides is 1. The number of carbonyl (C=O) groups excluding carboxylic acids is 1. The van der Waals surface area contributed by atoms with Crippen LogP contribution in [0.2, 0.25) is 0 Å². The molecule has 0 radical (unpaired) electrons. The van der Waals surface area contributed by atoms with Gasteiger partial charge in [0.25, 0.3) is 0 Å². The molecule has 2 N–H and O–H groups in total. The van der Waals surface area contributed by atoms with Gasteiger partial charge in [-0.2, -0.15) is 13.2 Å². The largest absolute Gasteiger partial charge is 0.417 e. The molecule has 0 fully saturated rings. The van der Waals surface area contributed by atoms with Crippen molar-refractivity contribution >= 4 is 22.8 Å². The number of fused-ring (bicyclic) bond motifs is 1. The third kappa shape index (κ3) is 5.49. The lowest BCUT2D eigenvalue weighted by Gasteiger charge is -2.10. The van der Waals surface area contributed by atoms with E-state index in [1.54, 1.807) is 0 Å². The summed E-state index contributed by atoms with van der Waals surface area (Å²) in [7, 11) is 0. The summed E-state index contributed by atoms with van der Waals surface area (Å²) in [4.78, 5) is 20.8. The number of carbonyl (C=O) groups is 1. The maximum Gasteiger partial charge on any atom is 0.417 e. The molecule has 4 rings (SSSR count). The fraction of sp³-hybridized carbons (Fsp3) is 0.208. The molecule has 0 aliphatic carbocycles. The van der Waals surface area contributed by atoms with E-state index in [-0.39, 0.29) is 12.3 Å². The fourth-order valence-electron chi connectivity index (χ4n) is 3.48. The highest BCUT2D eigenvalue weighted by molar-refractivity contribution is 5.79. The van der Waals surface area contributed by atoms with Crippen molar-refractivity contribution < 1.29 is 18.0 Å². The van der Waals surface area contributed by atoms with Crippen LogP contribution in [0.1, 0.15) is 17.8 Å². The van der Waals surface area contributed by atoms with Crippen LogP contribution in [0.15, 0.2) is 72.9 Å². The summed E-state index contributed by atoms with van der Waals surface area (Å²) in [5.41, 5.74) is 2.02. The second-order valence-electron chi connectivity index (χ2n) is 7.39. The number of anilines is 1. The van der Waals surface area contributed by atoms with E-state index in [1.807, 2.05) is 54.6 Å². The van der Waals surface area contributed by atoms with Crippen LogP contribution in [-0.4, -0.2) is 33.5 Å². The van der Waals surface area contributed by atoms with Crippen molar-refractivity contribution in [1.82, 2.24) is 19.9 Å². The van der Waals surface area contributed by atoms with Crippen molar-refractivity contribution in [3.63, 3.8) is 0 Å². The summed E-state index contributed by atoms with van der Waals surface area (Å²) >= 11 is 0. The van der Waals surface area contributed by atoms with Crippen molar-refractivity contribution in [2.45, 2.75) is 19.0 Å². The topological polar surface area (TPSA) is 71.8 Å². The minimum Gasteiger partial charge on any atom is -0.368 e. The molecule has 2 aromatic carbocycles. The molecule has 0 aliphatic rings. The minimum atomic E-state index is -4.42. The summed E-state index contributed by atoms with van der Waals surface area (Å²) in [6, 6.07) is 19.9. The summed E-state index contributed by atoms with van der Waals surface area (Å²) < 4.78 is 39.8. The number of para-hydroxylation sites is 3. The van der Waals surface area contributed by atoms with Gasteiger partial charge in [0.15, 0.2) is 0 Å². The summed E-state index contributed by atoms with van der Waals surface area (Å²) in [6.45, 7) is 0.656. The smallest absolute Gasteiger partial charge is 0.368 e. The highest BCUT2D eigenvalue weighted by Gasteiger charge is 2.30. The van der Waals surface area contributed by atoms with Crippen LogP contribution < -0.4 is 10.6 Å². The second-order valence-corrected chi connectivity index (χ2v) is 7.39. The number of hydrogen-bond acceptors (Lipinski definition) is 4. The van der Waals surface area contributed by atoms with Gasteiger partial charge in [-0.1, -0.05) is 30.3 Å². The third-order valence-electron chi connectivity index (χ3n) is 5.06. The van der Waals surface area contributed by atoms with Gasteiger partial charge in [-0.3, -0.25) is 9.36 Å². The van der Waals surface area contributed by atoms with E-state index in [2.05, 4.69) is 20.2 Å². The molecule has 4 aromatic rings. The Balaban J connectivity index is 1.31. The SMILES string of the molecule is O=C(CCc1nc2ccccc2n1-c1ccccc1)NCCNc1ccc(C(F)(F)F)cn1. The number of aryl methyl sites for hydroxylation is 1. The molecule has 0 unspecified atom stereocenters. The monoisotopic (exact) mass is 453 g/mol. The molecule has 0 atom stereocenters. The van der Waals surface area contributed by atoms with Gasteiger partial charge in [-0.15, -0.1) is 0 Å². The molecule has 0 spiro atoms. The molecule has 0 aliphatic heterocycles. The number of benzene rings is 2. The predicted molar refractivity (Wildman–Crippen MR) is 120 cm³/mol. The van der Waals surface area contributed by atoms with Crippen LogP contribution >= 0.6 is 0 Å². The molecule has 2 heterocycles. The number of rotatable bonds is 8. The minimum absolute atomic E-state index is 0.135. The normalized spacial score (nSPS) is 11.5. The first-order valence-electron chi connectivity index (χ1n) is 10.5. The van der Waals surface area contributed by atoms with Crippen molar-refractivity contribution in [3.05, 3.63) is 84.3 Å². The van der Waals surface area contributed by atoms with Gasteiger partial charge in [0.1, 0.15) is 11.6 Å². The van der Waals surface area contributed by atoms with E-state index in [4.69, 9.17) is 4.98 Å². The maximum atomic E-state index is 12.6. The van der Waals surface area contributed by atoms with E-state index in [9.17, 15) is 18.0 Å². The van der Waals surface area contributed by atoms with Gasteiger partial charge < -0.3 is 10.6 Å². The van der Waals surface area contributed by atoms with E-state index >= 15 is 0 Å². The van der Waals surface area contributed by atoms with Gasteiger partial charge in [0.2, 0.25) is 5.91 Å². The molecule has 0 saturated heterocycles. The maximum absolute atomic E-state index is 12.6. The number of halogens is 3. The Morgan fingerprint density at radius 3 is 2.42 bits per heavy atom. The zero-order valence-corrected chi connectivity index (χ0v) is 17.6. The van der Waals surface area contributed by atoms with Crippen molar-refractivity contribution in [1.29, 1.82) is 0 Å². The van der Waals surface area contributed by atoms with Gasteiger partial charge >= 0.3 is 6.18 Å². The van der Waals surface area contributed by atoms with Crippen molar-refractivity contribution in [2.24, 2.45) is 0 Å². The molecule has 0 saturated carbocycles. The standard InChI is InChI=1S/C24H22F3N5O/c25-24(26,27)17-10-11-21(30-16-17)28-14-15-29-23(33)13-12-22-31-19-8-4-5-9-20(19)32(22)18-6-2-1-3-7-18/h1-11,16H,12-15H2,(H,28,30)(H,29,33). The summed E-state index contributed by atoms with van der Waals surface area (Å²) in [6.07, 6.45) is -2.92. The Morgan fingerprint density at radius 1 is 0.939 bits per heavy atom. The van der Waals surface area contributed by atoms with Crippen LogP contribution in [0.4, 0.5) is 19.0 Å². The zero-order valence-electron chi connectivity index (χ0n) is 17.6. The van der Waals surface area contributed by atoms with Crippen LogP contribution in [0, 0.1) is 0 Å². The molecular weight excluding hydrogens is 431 g/mol. The van der Waals surface area contributed by atoms with Gasteiger partial charge in [0.05, 0.1) is 16.6 Å². The summed E-state index contributed by atoms with van der Waals surface area (Å²) in [5, 5.41) is 5.70. The van der Waals surface area contributed by atoms with E-state index in [0.29, 0.717) is 25.3 Å². The molecule has 170 valence electrons. The van der Waals surface area contributed by atoms with E-state index in [1.165, 1.54) is 6.07 Å². The number of nitrogens with one attached hydrogen (secondary N) is 2. The average Bonchev–Trinajstić information content (AvgIpc) is 3.19. The lowest BCUT2D eigenvalue weighted by Crippen LogP contribution is -2.29. The number of imidazole rings is 1. The fourth-order valence-corrected chi connectivity index (χ4v) is 3.48. The summed E-state index contributed by atoms with van der Waals surface area (Å²) in [5.74, 6) is 0.974. The number of pyridine rings is 1. The first kappa shape index (κ1) is 22.3. The average molecular weight is 453 g/mol. The first-order chi connectivity index (χ1) is 15.9. The van der Waals surface area contributed by atoms with Crippen LogP contribution in [0.5, 0.6) is 0 Å². The van der Waals surface area contributed by atoms with Crippen LogP contribution in [-0.2, 0) is 17.4 Å². The van der Waals surface area contributed by atoms with E-state index < -0.39 is 11.7 Å². The highest BCUT2D eigenvalue weighted by Crippen LogP contribution is 2.28. The Hall–Kier alpha value is -3.88. The third-order valence-corrected chi connectivity index (χ3v) is 5.06. The number of hydrogen-bond donors (Lipinski definition) is 2. The van der Waals surface area contributed by atoms with Gasteiger partial charge in [0, 0.05) is 37.8 Å². The van der Waals surface area contributed by atoms with Gasteiger partial charge in [-0.05, 0) is 36.4 Å². The quantitative estimate of drug-likeness (QED) is 0.383. The number of nitrogens with zero attached hydrogens (tertiary/aromatic N) is 3. The van der Waals surface area contributed by atoms with Crippen molar-refractivity contribution in [3.8, 4) is 5.69 Å². The lowest BCUT2D eigenvalue weighted by atomic mass is 10.2. The molecule has 9 heteroatoms. The van der Waals surface area contributed by atoms with E-state index in [0.717, 1.165) is 34.8 Å². The molecule has 1 amide bonds. The molecular formula is C24H22F3N5O. The Labute approximate surface area is 188 Å². The van der Waals surface area contributed by atoms with Crippen molar-refractivity contribution in [2.75, 3.05) is 18.4 Å². The van der Waals surface area contributed by atoms with Crippen LogP contribution in [0.25, 0.3) is 16.7 Å². The predicted octanol–water partition coefficient (Wildman–Crippen LogP) is 4.60. The highest BCUT2D eigenvalue weighted by atomic mass is 19.4. The van der Waals surface area contributed by atoms with Crippen LogP contribution in [0.3, 0.4) is 0 Å². The van der Waals surface area contributed by atoms with Gasteiger partial charge in [-0.25, -0.2) is 9.97 Å². The molecule has 0 bridgehead atoms. The number of alkyl halides is 3.